The van der Waals surface area contributed by atoms with E-state index in [4.69, 9.17) is 32.9 Å². The van der Waals surface area contributed by atoms with Gasteiger partial charge in [-0.05, 0) is 37.6 Å². The van der Waals surface area contributed by atoms with E-state index in [0.717, 1.165) is 29.6 Å². The molecule has 222 valence electrons. The first-order valence-electron chi connectivity index (χ1n) is 13.6. The van der Waals surface area contributed by atoms with Crippen molar-refractivity contribution in [2.24, 2.45) is 7.05 Å². The van der Waals surface area contributed by atoms with Gasteiger partial charge in [0.1, 0.15) is 5.56 Å². The number of aryl methyl sites for hydroxylation is 1. The predicted octanol–water partition coefficient (Wildman–Crippen LogP) is 5.52. The van der Waals surface area contributed by atoms with Gasteiger partial charge in [-0.3, -0.25) is 19.3 Å². The van der Waals surface area contributed by atoms with Gasteiger partial charge in [0, 0.05) is 48.1 Å². The molecule has 0 saturated carbocycles. The molecule has 0 spiro atoms. The van der Waals surface area contributed by atoms with Crippen molar-refractivity contribution < 1.29 is 19.4 Å². The van der Waals surface area contributed by atoms with Crippen molar-refractivity contribution in [3.63, 3.8) is 0 Å². The fraction of sp³-hybridized carbons (Fsp3) is 0.258. The van der Waals surface area contributed by atoms with Crippen LogP contribution in [0, 0.1) is 0 Å². The summed E-state index contributed by atoms with van der Waals surface area (Å²) in [5, 5.41) is 16.5. The summed E-state index contributed by atoms with van der Waals surface area (Å²) in [6, 6.07) is 15.8. The van der Waals surface area contributed by atoms with Crippen molar-refractivity contribution in [1.82, 2.24) is 19.7 Å². The molecule has 3 heterocycles. The zero-order valence-corrected chi connectivity index (χ0v) is 25.0. The fourth-order valence-electron chi connectivity index (χ4n) is 5.31. The van der Waals surface area contributed by atoms with Crippen LogP contribution in [-0.2, 0) is 18.4 Å². The van der Waals surface area contributed by atoms with Crippen molar-refractivity contribution in [2.75, 3.05) is 19.0 Å². The number of nitrogens with zero attached hydrogens (tertiary/aromatic N) is 4. The van der Waals surface area contributed by atoms with Gasteiger partial charge in [0.05, 0.1) is 35.0 Å². The summed E-state index contributed by atoms with van der Waals surface area (Å²) in [6.07, 6.45) is 3.27. The number of amides is 1. The molecule has 0 aliphatic carbocycles. The zero-order valence-electron chi connectivity index (χ0n) is 23.5. The van der Waals surface area contributed by atoms with E-state index >= 15 is 0 Å². The number of rotatable bonds is 9. The van der Waals surface area contributed by atoms with Gasteiger partial charge in [0.2, 0.25) is 5.88 Å². The smallest absolute Gasteiger partial charge is 0.304 e. The Morgan fingerprint density at radius 1 is 1.05 bits per heavy atom. The minimum Gasteiger partial charge on any atom is -0.481 e. The number of pyridine rings is 1. The maximum absolute atomic E-state index is 12.9. The number of carbonyl (C=O) groups is 2. The van der Waals surface area contributed by atoms with Gasteiger partial charge in [-0.25, -0.2) is 9.67 Å². The number of hydrogen-bond acceptors (Lipinski definition) is 7. The van der Waals surface area contributed by atoms with E-state index in [1.165, 1.54) is 19.3 Å². The lowest BCUT2D eigenvalue weighted by Gasteiger charge is -2.24. The second-order valence-electron chi connectivity index (χ2n) is 10.2. The van der Waals surface area contributed by atoms with Crippen molar-refractivity contribution >= 4 is 40.8 Å². The Hall–Kier alpha value is -4.25. The highest BCUT2D eigenvalue weighted by Crippen LogP contribution is 2.41. The number of halogens is 2. The van der Waals surface area contributed by atoms with Crippen molar-refractivity contribution in [3.8, 4) is 28.3 Å². The monoisotopic (exact) mass is 621 g/mol. The van der Waals surface area contributed by atoms with Gasteiger partial charge < -0.3 is 15.2 Å². The lowest BCUT2D eigenvalue weighted by Crippen LogP contribution is -2.31. The first-order chi connectivity index (χ1) is 20.7. The molecule has 10 nitrogen and oxygen atoms in total. The molecule has 1 aliphatic heterocycles. The number of anilines is 1. The van der Waals surface area contributed by atoms with Crippen molar-refractivity contribution in [1.29, 1.82) is 0 Å². The minimum atomic E-state index is -0.806. The zero-order chi connectivity index (χ0) is 30.7. The van der Waals surface area contributed by atoms with Gasteiger partial charge in [-0.1, -0.05) is 59.6 Å². The number of likely N-dealkylation sites (tertiary alicyclic amines) is 1. The number of hydrogen-bond donors (Lipinski definition) is 2. The van der Waals surface area contributed by atoms with Crippen LogP contribution >= 0.6 is 23.2 Å². The standard InChI is InChI=1S/C31H29Cl2N5O5/c1-37-31(42)23(13-14-34-37)29(41)35-25-10-4-8-21(28(25)33)20-7-3-9-22(27(20)32)24-12-11-18(30(36-24)43-2)17-38-15-5-6-19(38)16-26(39)40/h3-4,7-14,19H,5-6,15-17H2,1-2H3,(H,35,41)(H,39,40). The predicted molar refractivity (Wildman–Crippen MR) is 165 cm³/mol. The van der Waals surface area contributed by atoms with Crippen molar-refractivity contribution in [3.05, 3.63) is 92.3 Å². The Bertz CT molecular complexity index is 1760. The van der Waals surface area contributed by atoms with Crippen LogP contribution in [0.4, 0.5) is 5.69 Å². The van der Waals surface area contributed by atoms with Gasteiger partial charge in [0.25, 0.3) is 11.5 Å². The Morgan fingerprint density at radius 3 is 2.51 bits per heavy atom. The molecule has 2 N–H and O–H groups in total. The number of ether oxygens (including phenoxy) is 1. The third-order valence-electron chi connectivity index (χ3n) is 7.48. The lowest BCUT2D eigenvalue weighted by molar-refractivity contribution is -0.138. The normalized spacial score (nSPS) is 14.9. The SMILES string of the molecule is COc1nc(-c2cccc(-c3cccc(NC(=O)c4ccnn(C)c4=O)c3Cl)c2Cl)ccc1CN1CCCC1CC(=O)O. The number of aromatic nitrogens is 3. The average Bonchev–Trinajstić information content (AvgIpc) is 3.41. The van der Waals surface area contributed by atoms with Crippen LogP contribution < -0.4 is 15.6 Å². The molecule has 0 radical (unpaired) electrons. The van der Waals surface area contributed by atoms with Crippen molar-refractivity contribution in [2.45, 2.75) is 31.8 Å². The Labute approximate surface area is 257 Å². The molecule has 2 aromatic heterocycles. The topological polar surface area (TPSA) is 127 Å². The molecule has 1 saturated heterocycles. The van der Waals surface area contributed by atoms with Gasteiger partial charge in [-0.15, -0.1) is 0 Å². The molecule has 1 fully saturated rings. The number of carboxylic acid groups (broad SMARTS) is 1. The second kappa shape index (κ2) is 12.9. The highest BCUT2D eigenvalue weighted by atomic mass is 35.5. The minimum absolute atomic E-state index is 0.0200. The van der Waals surface area contributed by atoms with Crippen LogP contribution in [0.1, 0.15) is 35.2 Å². The molecule has 1 amide bonds. The summed E-state index contributed by atoms with van der Waals surface area (Å²) < 4.78 is 6.71. The Balaban J connectivity index is 1.43. The van der Waals surface area contributed by atoms with Gasteiger partial charge >= 0.3 is 5.97 Å². The maximum Gasteiger partial charge on any atom is 0.304 e. The fourth-order valence-corrected chi connectivity index (χ4v) is 5.91. The molecule has 1 aliphatic rings. The summed E-state index contributed by atoms with van der Waals surface area (Å²) in [4.78, 5) is 43.4. The van der Waals surface area contributed by atoms with E-state index in [1.54, 1.807) is 25.3 Å². The Kier molecular flexibility index (Phi) is 9.10. The molecule has 43 heavy (non-hydrogen) atoms. The quantitative estimate of drug-likeness (QED) is 0.250. The van der Waals surface area contributed by atoms with Crippen LogP contribution in [0.2, 0.25) is 10.0 Å². The molecular formula is C31H29Cl2N5O5. The molecule has 1 unspecified atom stereocenters. The molecular weight excluding hydrogens is 593 g/mol. The molecule has 2 aromatic carbocycles. The van der Waals surface area contributed by atoms with E-state index in [9.17, 15) is 19.5 Å². The largest absolute Gasteiger partial charge is 0.481 e. The first kappa shape index (κ1) is 30.2. The number of benzene rings is 2. The summed E-state index contributed by atoms with van der Waals surface area (Å²) >= 11 is 13.7. The van der Waals surface area contributed by atoms with Gasteiger partial charge in [0.15, 0.2) is 0 Å². The number of carboxylic acids is 1. The highest BCUT2D eigenvalue weighted by Gasteiger charge is 2.28. The van der Waals surface area contributed by atoms with Crippen LogP contribution in [-0.4, -0.2) is 56.3 Å². The molecule has 1 atom stereocenters. The molecule has 5 rings (SSSR count). The van der Waals surface area contributed by atoms with Gasteiger partial charge in [-0.2, -0.15) is 5.10 Å². The van der Waals surface area contributed by atoms with E-state index in [1.807, 2.05) is 30.3 Å². The molecule has 0 bridgehead atoms. The van der Waals surface area contributed by atoms with Crippen LogP contribution in [0.3, 0.4) is 0 Å². The summed E-state index contributed by atoms with van der Waals surface area (Å²) in [6.45, 7) is 1.35. The highest BCUT2D eigenvalue weighted by molar-refractivity contribution is 6.39. The third-order valence-corrected chi connectivity index (χ3v) is 8.29. The second-order valence-corrected chi connectivity index (χ2v) is 10.9. The summed E-state index contributed by atoms with van der Waals surface area (Å²) in [5.74, 6) is -0.981. The maximum atomic E-state index is 12.9. The number of carbonyl (C=O) groups excluding carboxylic acids is 1. The summed E-state index contributed by atoms with van der Waals surface area (Å²) in [7, 11) is 3.01. The van der Waals surface area contributed by atoms with E-state index in [2.05, 4.69) is 15.3 Å². The lowest BCUT2D eigenvalue weighted by atomic mass is 10.00. The van der Waals surface area contributed by atoms with E-state index < -0.39 is 17.4 Å². The number of methoxy groups -OCH3 is 1. The number of nitrogens with one attached hydrogen (secondary N) is 1. The van der Waals surface area contributed by atoms with E-state index in [0.29, 0.717) is 45.5 Å². The third kappa shape index (κ3) is 6.41. The number of aliphatic carboxylic acids is 1. The van der Waals surface area contributed by atoms with Crippen LogP contribution in [0.25, 0.3) is 22.4 Å². The Morgan fingerprint density at radius 2 is 1.77 bits per heavy atom. The van der Waals surface area contributed by atoms with Crippen LogP contribution in [0.15, 0.2) is 65.6 Å². The molecule has 4 aromatic rings. The summed E-state index contributed by atoms with van der Waals surface area (Å²) in [5.41, 5.74) is 3.02. The van der Waals surface area contributed by atoms with E-state index in [-0.39, 0.29) is 23.0 Å². The molecule has 12 heteroatoms. The first-order valence-corrected chi connectivity index (χ1v) is 14.3. The average molecular weight is 623 g/mol. The van der Waals surface area contributed by atoms with Crippen LogP contribution in [0.5, 0.6) is 5.88 Å².